The summed E-state index contributed by atoms with van der Waals surface area (Å²) in [5.74, 6) is 0.569. The topological polar surface area (TPSA) is 76.4 Å². The van der Waals surface area contributed by atoms with Crippen molar-refractivity contribution in [3.63, 3.8) is 0 Å². The normalized spacial score (nSPS) is 9.53. The van der Waals surface area contributed by atoms with Crippen molar-refractivity contribution in [2.45, 2.75) is 13.3 Å². The van der Waals surface area contributed by atoms with E-state index >= 15 is 0 Å². The molecule has 92 valence electrons. The summed E-state index contributed by atoms with van der Waals surface area (Å²) in [5.41, 5.74) is 6.64. The molecule has 0 heterocycles. The molecule has 0 aromatic heterocycles. The molecule has 6 heteroatoms. The Kier molecular flexibility index (Phi) is 4.71. The Labute approximate surface area is 105 Å². The quantitative estimate of drug-likeness (QED) is 0.712. The van der Waals surface area contributed by atoms with E-state index in [1.54, 1.807) is 32.2 Å². The van der Waals surface area contributed by atoms with Crippen molar-refractivity contribution < 1.29 is 9.53 Å². The largest absolute Gasteiger partial charge is 0.497 e. The van der Waals surface area contributed by atoms with Gasteiger partial charge in [-0.15, -0.1) is 0 Å². The molecule has 0 aliphatic heterocycles. The first kappa shape index (κ1) is 13.2. The summed E-state index contributed by atoms with van der Waals surface area (Å²) >= 11 is 4.77. The van der Waals surface area contributed by atoms with E-state index in [0.717, 1.165) is 0 Å². The Hall–Kier alpha value is -1.82. The Balaban J connectivity index is 3.01. The van der Waals surface area contributed by atoms with Crippen LogP contribution < -0.4 is 21.1 Å². The third-order valence-electron chi connectivity index (χ3n) is 2.08. The first-order chi connectivity index (χ1) is 8.06. The molecule has 5 nitrogen and oxygen atoms in total. The standard InChI is InChI=1S/C11H15N3O2S/c1-3-10(15)13-8-5-4-7(16-2)6-9(8)14-11(12)17/h4-6H,3H2,1-2H3,(H,13,15)(H3,12,14,17). The predicted molar refractivity (Wildman–Crippen MR) is 72.3 cm³/mol. The van der Waals surface area contributed by atoms with Crippen molar-refractivity contribution in [1.29, 1.82) is 0 Å². The Morgan fingerprint density at radius 2 is 2.12 bits per heavy atom. The molecule has 0 saturated carbocycles. The maximum atomic E-state index is 11.3. The van der Waals surface area contributed by atoms with Crippen LogP contribution in [0.2, 0.25) is 0 Å². The van der Waals surface area contributed by atoms with E-state index in [1.807, 2.05) is 0 Å². The zero-order chi connectivity index (χ0) is 12.8. The van der Waals surface area contributed by atoms with Gasteiger partial charge >= 0.3 is 0 Å². The van der Waals surface area contributed by atoms with Crippen LogP contribution in [0.15, 0.2) is 18.2 Å². The van der Waals surface area contributed by atoms with E-state index in [1.165, 1.54) is 0 Å². The molecule has 1 amide bonds. The number of nitrogens with two attached hydrogens (primary N) is 1. The Morgan fingerprint density at radius 3 is 2.65 bits per heavy atom. The highest BCUT2D eigenvalue weighted by Gasteiger charge is 2.07. The van der Waals surface area contributed by atoms with Crippen LogP contribution in [0, 0.1) is 0 Å². The molecule has 0 aliphatic rings. The molecule has 1 aromatic carbocycles. The number of ether oxygens (including phenoxy) is 1. The minimum Gasteiger partial charge on any atom is -0.497 e. The summed E-state index contributed by atoms with van der Waals surface area (Å²) in [6, 6.07) is 5.19. The minimum absolute atomic E-state index is 0.0823. The Morgan fingerprint density at radius 1 is 1.41 bits per heavy atom. The van der Waals surface area contributed by atoms with Crippen molar-refractivity contribution in [3.8, 4) is 5.75 Å². The summed E-state index contributed by atoms with van der Waals surface area (Å²) in [4.78, 5) is 11.3. The maximum absolute atomic E-state index is 11.3. The summed E-state index contributed by atoms with van der Waals surface area (Å²) in [6.07, 6.45) is 0.401. The van der Waals surface area contributed by atoms with Crippen LogP contribution in [0.5, 0.6) is 5.75 Å². The van der Waals surface area contributed by atoms with Gasteiger partial charge in [0.15, 0.2) is 5.11 Å². The first-order valence-corrected chi connectivity index (χ1v) is 5.52. The van der Waals surface area contributed by atoms with Crippen LogP contribution in [-0.4, -0.2) is 18.1 Å². The molecule has 0 saturated heterocycles. The van der Waals surface area contributed by atoms with E-state index in [-0.39, 0.29) is 11.0 Å². The number of carbonyl (C=O) groups is 1. The zero-order valence-corrected chi connectivity index (χ0v) is 10.6. The number of amides is 1. The number of carbonyl (C=O) groups excluding carboxylic acids is 1. The van der Waals surface area contributed by atoms with Crippen molar-refractivity contribution in [2.24, 2.45) is 5.73 Å². The average Bonchev–Trinajstić information content (AvgIpc) is 2.30. The second-order valence-corrected chi connectivity index (χ2v) is 3.74. The van der Waals surface area contributed by atoms with E-state index in [4.69, 9.17) is 22.7 Å². The lowest BCUT2D eigenvalue weighted by Gasteiger charge is -2.13. The number of benzene rings is 1. The molecule has 17 heavy (non-hydrogen) atoms. The molecule has 1 rings (SSSR count). The SMILES string of the molecule is CCC(=O)Nc1ccc(OC)cc1NC(N)=S. The van der Waals surface area contributed by atoms with Gasteiger partial charge in [0.25, 0.3) is 0 Å². The lowest BCUT2D eigenvalue weighted by Crippen LogP contribution is -2.20. The zero-order valence-electron chi connectivity index (χ0n) is 9.74. The number of nitrogens with one attached hydrogen (secondary N) is 2. The molecular formula is C11H15N3O2S. The molecule has 0 unspecified atom stereocenters. The highest BCUT2D eigenvalue weighted by atomic mass is 32.1. The fourth-order valence-electron chi connectivity index (χ4n) is 1.23. The third-order valence-corrected chi connectivity index (χ3v) is 2.18. The van der Waals surface area contributed by atoms with Gasteiger partial charge in [-0.1, -0.05) is 6.92 Å². The number of rotatable bonds is 4. The molecule has 0 spiro atoms. The monoisotopic (exact) mass is 253 g/mol. The van der Waals surface area contributed by atoms with Crippen LogP contribution in [0.1, 0.15) is 13.3 Å². The molecule has 0 bridgehead atoms. The van der Waals surface area contributed by atoms with Gasteiger partial charge in [0.05, 0.1) is 18.5 Å². The predicted octanol–water partition coefficient (Wildman–Crippen LogP) is 1.70. The van der Waals surface area contributed by atoms with Crippen molar-refractivity contribution in [1.82, 2.24) is 0 Å². The second kappa shape index (κ2) is 6.05. The first-order valence-electron chi connectivity index (χ1n) is 5.11. The average molecular weight is 253 g/mol. The van der Waals surface area contributed by atoms with Gasteiger partial charge in [-0.3, -0.25) is 4.79 Å². The highest BCUT2D eigenvalue weighted by Crippen LogP contribution is 2.27. The smallest absolute Gasteiger partial charge is 0.224 e. The number of hydrogen-bond acceptors (Lipinski definition) is 3. The van der Waals surface area contributed by atoms with Gasteiger partial charge in [0.2, 0.25) is 5.91 Å². The highest BCUT2D eigenvalue weighted by molar-refractivity contribution is 7.80. The van der Waals surface area contributed by atoms with Crippen molar-refractivity contribution in [3.05, 3.63) is 18.2 Å². The van der Waals surface area contributed by atoms with Gasteiger partial charge < -0.3 is 21.1 Å². The lowest BCUT2D eigenvalue weighted by molar-refractivity contribution is -0.115. The third kappa shape index (κ3) is 3.92. The molecular weight excluding hydrogens is 238 g/mol. The second-order valence-electron chi connectivity index (χ2n) is 3.30. The van der Waals surface area contributed by atoms with Gasteiger partial charge in [-0.05, 0) is 24.4 Å². The van der Waals surface area contributed by atoms with Crippen LogP contribution >= 0.6 is 12.2 Å². The molecule has 0 radical (unpaired) electrons. The van der Waals surface area contributed by atoms with Crippen LogP contribution in [0.4, 0.5) is 11.4 Å². The molecule has 4 N–H and O–H groups in total. The summed E-state index contributed by atoms with van der Waals surface area (Å²) in [7, 11) is 1.56. The maximum Gasteiger partial charge on any atom is 0.224 e. The number of anilines is 2. The number of thiocarbonyl (C=S) groups is 1. The number of methoxy groups -OCH3 is 1. The van der Waals surface area contributed by atoms with Crippen molar-refractivity contribution >= 4 is 34.6 Å². The minimum atomic E-state index is -0.0823. The van der Waals surface area contributed by atoms with Gasteiger partial charge in [0, 0.05) is 12.5 Å². The molecule has 1 aromatic rings. The van der Waals surface area contributed by atoms with Gasteiger partial charge in [-0.25, -0.2) is 0 Å². The van der Waals surface area contributed by atoms with Crippen LogP contribution in [-0.2, 0) is 4.79 Å². The number of hydrogen-bond donors (Lipinski definition) is 3. The summed E-state index contributed by atoms with van der Waals surface area (Å²) in [5, 5.41) is 5.67. The molecule has 0 atom stereocenters. The Bertz CT molecular complexity index is 435. The fourth-order valence-corrected chi connectivity index (χ4v) is 1.34. The molecule has 0 fully saturated rings. The van der Waals surface area contributed by atoms with Gasteiger partial charge in [-0.2, -0.15) is 0 Å². The van der Waals surface area contributed by atoms with Crippen LogP contribution in [0.3, 0.4) is 0 Å². The van der Waals surface area contributed by atoms with E-state index < -0.39 is 0 Å². The lowest BCUT2D eigenvalue weighted by atomic mass is 10.2. The van der Waals surface area contributed by atoms with E-state index in [2.05, 4.69) is 10.6 Å². The van der Waals surface area contributed by atoms with E-state index in [9.17, 15) is 4.79 Å². The summed E-state index contributed by atoms with van der Waals surface area (Å²) < 4.78 is 5.09. The van der Waals surface area contributed by atoms with E-state index in [0.29, 0.717) is 23.5 Å². The summed E-state index contributed by atoms with van der Waals surface area (Å²) in [6.45, 7) is 1.78. The fraction of sp³-hybridized carbons (Fsp3) is 0.273. The van der Waals surface area contributed by atoms with Gasteiger partial charge in [0.1, 0.15) is 5.75 Å². The van der Waals surface area contributed by atoms with Crippen molar-refractivity contribution in [2.75, 3.05) is 17.7 Å². The van der Waals surface area contributed by atoms with Crippen LogP contribution in [0.25, 0.3) is 0 Å². The molecule has 0 aliphatic carbocycles.